The summed E-state index contributed by atoms with van der Waals surface area (Å²) < 4.78 is 0. The smallest absolute Gasteiger partial charge is 0.319 e. The maximum Gasteiger partial charge on any atom is 0.319 e. The molecule has 0 bridgehead atoms. The van der Waals surface area contributed by atoms with E-state index in [4.69, 9.17) is 0 Å². The zero-order valence-electron chi connectivity index (χ0n) is 13.2. The lowest BCUT2D eigenvalue weighted by Gasteiger charge is -2.29. The molecule has 2 N–H and O–H groups in total. The zero-order valence-corrected chi connectivity index (χ0v) is 14.0. The van der Waals surface area contributed by atoms with E-state index in [1.807, 2.05) is 0 Å². The molecule has 1 saturated heterocycles. The van der Waals surface area contributed by atoms with Gasteiger partial charge in [0.2, 0.25) is 5.91 Å². The third-order valence-electron chi connectivity index (χ3n) is 5.08. The Balaban J connectivity index is 1.52. The van der Waals surface area contributed by atoms with Crippen molar-refractivity contribution < 1.29 is 9.59 Å². The van der Waals surface area contributed by atoms with Crippen molar-refractivity contribution in [1.82, 2.24) is 15.5 Å². The lowest BCUT2D eigenvalue weighted by Crippen LogP contribution is -2.53. The Morgan fingerprint density at radius 2 is 1.45 bits per heavy atom. The minimum atomic E-state index is -0.297. The highest BCUT2D eigenvalue weighted by Crippen LogP contribution is 2.24. The summed E-state index contributed by atoms with van der Waals surface area (Å²) in [5, 5.41) is 6.27. The molecule has 5 nitrogen and oxygen atoms in total. The lowest BCUT2D eigenvalue weighted by atomic mass is 9.96. The van der Waals surface area contributed by atoms with E-state index in [1.165, 1.54) is 32.1 Å². The second-order valence-corrected chi connectivity index (χ2v) is 7.76. The fraction of sp³-hybridized carbons (Fsp3) is 0.875. The van der Waals surface area contributed by atoms with Gasteiger partial charge >= 0.3 is 6.03 Å². The molecule has 0 aromatic carbocycles. The van der Waals surface area contributed by atoms with Gasteiger partial charge in [0.05, 0.1) is 5.88 Å². The Morgan fingerprint density at radius 1 is 0.864 bits per heavy atom. The van der Waals surface area contributed by atoms with E-state index < -0.39 is 0 Å². The third-order valence-corrected chi connectivity index (χ3v) is 6.09. The Labute approximate surface area is 137 Å². The van der Waals surface area contributed by atoms with Crippen LogP contribution in [0.4, 0.5) is 4.79 Å². The van der Waals surface area contributed by atoms with Crippen LogP contribution in [0, 0.1) is 0 Å². The van der Waals surface area contributed by atoms with Crippen molar-refractivity contribution in [3.63, 3.8) is 0 Å². The van der Waals surface area contributed by atoms with Crippen LogP contribution in [0.3, 0.4) is 0 Å². The van der Waals surface area contributed by atoms with Gasteiger partial charge in [0, 0.05) is 17.8 Å². The van der Waals surface area contributed by atoms with Crippen molar-refractivity contribution in [1.29, 1.82) is 0 Å². The molecule has 0 radical (unpaired) electrons. The van der Waals surface area contributed by atoms with Crippen molar-refractivity contribution >= 4 is 23.7 Å². The van der Waals surface area contributed by atoms with E-state index in [-0.39, 0.29) is 18.0 Å². The first-order chi connectivity index (χ1) is 10.7. The van der Waals surface area contributed by atoms with Crippen LogP contribution < -0.4 is 10.6 Å². The van der Waals surface area contributed by atoms with Crippen molar-refractivity contribution in [2.24, 2.45) is 0 Å². The van der Waals surface area contributed by atoms with E-state index in [9.17, 15) is 9.59 Å². The van der Waals surface area contributed by atoms with Gasteiger partial charge in [-0.2, -0.15) is 0 Å². The topological polar surface area (TPSA) is 61.4 Å². The number of nitrogens with one attached hydrogen (secondary N) is 2. The van der Waals surface area contributed by atoms with Crippen molar-refractivity contribution in [2.75, 3.05) is 11.6 Å². The Morgan fingerprint density at radius 3 is 2.14 bits per heavy atom. The summed E-state index contributed by atoms with van der Waals surface area (Å²) in [7, 11) is 0. The second-order valence-electron chi connectivity index (χ2n) is 6.76. The zero-order chi connectivity index (χ0) is 15.4. The number of thioether (sulfide) groups is 1. The summed E-state index contributed by atoms with van der Waals surface area (Å²) in [5.74, 6) is 1.38. The maximum absolute atomic E-state index is 12.5. The average Bonchev–Trinajstić information content (AvgIpc) is 3.19. The van der Waals surface area contributed by atoms with Gasteiger partial charge < -0.3 is 15.5 Å². The molecular weight excluding hydrogens is 298 g/mol. The molecule has 3 amide bonds. The molecule has 1 atom stereocenters. The molecule has 6 heteroatoms. The summed E-state index contributed by atoms with van der Waals surface area (Å²) in [4.78, 5) is 26.7. The predicted octanol–water partition coefficient (Wildman–Crippen LogP) is 2.46. The lowest BCUT2D eigenvalue weighted by molar-refractivity contribution is -0.125. The molecular formula is C16H27N3O2S. The molecule has 0 aromatic heterocycles. The van der Waals surface area contributed by atoms with Gasteiger partial charge in [0.1, 0.15) is 6.04 Å². The van der Waals surface area contributed by atoms with Crippen molar-refractivity contribution in [2.45, 2.75) is 75.9 Å². The van der Waals surface area contributed by atoms with Crippen LogP contribution in [-0.2, 0) is 4.79 Å². The number of carbonyl (C=O) groups is 2. The highest BCUT2D eigenvalue weighted by Gasteiger charge is 2.36. The predicted molar refractivity (Wildman–Crippen MR) is 88.8 cm³/mol. The van der Waals surface area contributed by atoms with Gasteiger partial charge in [-0.05, 0) is 25.7 Å². The molecule has 0 unspecified atom stereocenters. The van der Waals surface area contributed by atoms with E-state index in [0.717, 1.165) is 31.4 Å². The quantitative estimate of drug-likeness (QED) is 0.838. The van der Waals surface area contributed by atoms with Crippen LogP contribution in [0.15, 0.2) is 0 Å². The molecule has 0 aromatic rings. The first-order valence-electron chi connectivity index (χ1n) is 8.69. The standard InChI is InChI=1S/C16H27N3O2S/c20-15(17-12-8-4-5-9-12)14-10-22-11-19(14)16(21)18-13-6-2-1-3-7-13/h12-14H,1-11H2,(H,17,20)(H,18,21)/t14-/m0/s1. The largest absolute Gasteiger partial charge is 0.352 e. The summed E-state index contributed by atoms with van der Waals surface area (Å²) in [6.07, 6.45) is 10.4. The fourth-order valence-electron chi connectivity index (χ4n) is 3.73. The summed E-state index contributed by atoms with van der Waals surface area (Å²) in [6.45, 7) is 0. The minimum absolute atomic E-state index is 0.0377. The molecule has 3 rings (SSSR count). The SMILES string of the molecule is O=C(NC1CCCC1)[C@@H]1CSCN1C(=O)NC1CCCCC1. The van der Waals surface area contributed by atoms with E-state index >= 15 is 0 Å². The Hall–Kier alpha value is -0.910. The number of amides is 3. The number of hydrogen-bond acceptors (Lipinski definition) is 3. The molecule has 3 fully saturated rings. The van der Waals surface area contributed by atoms with Crippen LogP contribution >= 0.6 is 11.8 Å². The van der Waals surface area contributed by atoms with E-state index in [2.05, 4.69) is 10.6 Å². The second kappa shape index (κ2) is 7.57. The fourth-order valence-corrected chi connectivity index (χ4v) is 4.89. The summed E-state index contributed by atoms with van der Waals surface area (Å²) in [5.41, 5.74) is 0. The number of nitrogens with zero attached hydrogens (tertiary/aromatic N) is 1. The minimum Gasteiger partial charge on any atom is -0.352 e. The van der Waals surface area contributed by atoms with Gasteiger partial charge in [-0.15, -0.1) is 11.8 Å². The van der Waals surface area contributed by atoms with Gasteiger partial charge in [-0.1, -0.05) is 32.1 Å². The maximum atomic E-state index is 12.5. The molecule has 22 heavy (non-hydrogen) atoms. The van der Waals surface area contributed by atoms with Crippen LogP contribution in [0.5, 0.6) is 0 Å². The van der Waals surface area contributed by atoms with Gasteiger partial charge in [0.15, 0.2) is 0 Å². The number of rotatable bonds is 3. The van der Waals surface area contributed by atoms with Gasteiger partial charge in [-0.3, -0.25) is 4.79 Å². The highest BCUT2D eigenvalue weighted by molar-refractivity contribution is 7.99. The van der Waals surface area contributed by atoms with Gasteiger partial charge in [0.25, 0.3) is 0 Å². The first-order valence-corrected chi connectivity index (χ1v) is 9.85. The molecule has 124 valence electrons. The van der Waals surface area contributed by atoms with Crippen LogP contribution in [0.1, 0.15) is 57.8 Å². The summed E-state index contributed by atoms with van der Waals surface area (Å²) >= 11 is 1.67. The molecule has 1 heterocycles. The Kier molecular flexibility index (Phi) is 5.50. The number of urea groups is 1. The van der Waals surface area contributed by atoms with Crippen LogP contribution in [0.25, 0.3) is 0 Å². The van der Waals surface area contributed by atoms with Crippen LogP contribution in [-0.4, -0.2) is 46.6 Å². The van der Waals surface area contributed by atoms with E-state index in [0.29, 0.717) is 18.0 Å². The van der Waals surface area contributed by atoms with E-state index in [1.54, 1.807) is 16.7 Å². The molecule has 2 saturated carbocycles. The molecule has 0 spiro atoms. The number of hydrogen-bond donors (Lipinski definition) is 2. The van der Waals surface area contributed by atoms with Crippen LogP contribution in [0.2, 0.25) is 0 Å². The van der Waals surface area contributed by atoms with Gasteiger partial charge in [-0.25, -0.2) is 4.79 Å². The normalized spacial score (nSPS) is 27.1. The highest BCUT2D eigenvalue weighted by atomic mass is 32.2. The summed E-state index contributed by atoms with van der Waals surface area (Å²) in [6, 6.07) is 0.268. The molecule has 2 aliphatic carbocycles. The third kappa shape index (κ3) is 3.89. The molecule has 3 aliphatic rings. The first kappa shape index (κ1) is 16.0. The average molecular weight is 325 g/mol. The monoisotopic (exact) mass is 325 g/mol. The molecule has 1 aliphatic heterocycles. The van der Waals surface area contributed by atoms with Crippen molar-refractivity contribution in [3.05, 3.63) is 0 Å². The number of carbonyl (C=O) groups excluding carboxylic acids is 2. The Bertz CT molecular complexity index is 406. The van der Waals surface area contributed by atoms with Crippen molar-refractivity contribution in [3.8, 4) is 0 Å².